The summed E-state index contributed by atoms with van der Waals surface area (Å²) < 4.78 is 15.8. The van der Waals surface area contributed by atoms with Crippen molar-refractivity contribution in [2.45, 2.75) is 42.7 Å². The molecule has 0 fully saturated rings. The summed E-state index contributed by atoms with van der Waals surface area (Å²) in [5, 5.41) is 1.04. The van der Waals surface area contributed by atoms with E-state index in [2.05, 4.69) is 23.4 Å². The minimum Gasteiger partial charge on any atom is -0.330 e. The van der Waals surface area contributed by atoms with Gasteiger partial charge in [0, 0.05) is 23.7 Å². The number of hydrogen-bond acceptors (Lipinski definition) is 4. The number of halogens is 1. The van der Waals surface area contributed by atoms with Crippen molar-refractivity contribution in [3.63, 3.8) is 0 Å². The number of nitrogens with zero attached hydrogens (tertiary/aromatic N) is 3. The molecule has 4 nitrogen and oxygen atoms in total. The molecule has 6 heteroatoms. The normalized spacial score (nSPS) is 11.3. The van der Waals surface area contributed by atoms with Crippen molar-refractivity contribution < 1.29 is 4.39 Å². The SMILES string of the molecule is CC(C)c1nc(CCN)n(Cc2cccnc2)c1Sc1cccc(F)c1. The van der Waals surface area contributed by atoms with E-state index < -0.39 is 0 Å². The molecule has 1 aromatic carbocycles. The third kappa shape index (κ3) is 4.31. The summed E-state index contributed by atoms with van der Waals surface area (Å²) in [5.74, 6) is 0.985. The second-order valence-corrected chi connectivity index (χ2v) is 7.48. The zero-order chi connectivity index (χ0) is 18.5. The molecular weight excluding hydrogens is 347 g/mol. The van der Waals surface area contributed by atoms with Gasteiger partial charge in [0.1, 0.15) is 16.7 Å². The summed E-state index contributed by atoms with van der Waals surface area (Å²) in [6, 6.07) is 10.6. The molecule has 136 valence electrons. The van der Waals surface area contributed by atoms with E-state index >= 15 is 0 Å². The fourth-order valence-electron chi connectivity index (χ4n) is 2.79. The lowest BCUT2D eigenvalue weighted by Crippen LogP contribution is -2.11. The van der Waals surface area contributed by atoms with E-state index in [-0.39, 0.29) is 11.7 Å². The summed E-state index contributed by atoms with van der Waals surface area (Å²) >= 11 is 1.55. The van der Waals surface area contributed by atoms with Crippen LogP contribution < -0.4 is 5.73 Å². The van der Waals surface area contributed by atoms with E-state index in [1.54, 1.807) is 30.1 Å². The summed E-state index contributed by atoms with van der Waals surface area (Å²) in [6.45, 7) is 5.45. The molecule has 3 rings (SSSR count). The average Bonchev–Trinajstić information content (AvgIpc) is 2.94. The number of aromatic nitrogens is 3. The lowest BCUT2D eigenvalue weighted by atomic mass is 10.1. The first-order valence-electron chi connectivity index (χ1n) is 8.70. The molecule has 0 saturated carbocycles. The van der Waals surface area contributed by atoms with Gasteiger partial charge in [-0.1, -0.05) is 37.7 Å². The summed E-state index contributed by atoms with van der Waals surface area (Å²) in [6.07, 6.45) is 4.32. The van der Waals surface area contributed by atoms with Crippen molar-refractivity contribution in [2.75, 3.05) is 6.54 Å². The monoisotopic (exact) mass is 370 g/mol. The van der Waals surface area contributed by atoms with Gasteiger partial charge in [-0.15, -0.1) is 0 Å². The highest BCUT2D eigenvalue weighted by Gasteiger charge is 2.20. The molecule has 3 aromatic rings. The molecule has 26 heavy (non-hydrogen) atoms. The zero-order valence-corrected chi connectivity index (χ0v) is 15.8. The summed E-state index contributed by atoms with van der Waals surface area (Å²) in [5.41, 5.74) is 7.93. The second kappa shape index (κ2) is 8.47. The molecule has 0 aliphatic heterocycles. The van der Waals surface area contributed by atoms with Crippen LogP contribution in [0.5, 0.6) is 0 Å². The van der Waals surface area contributed by atoms with Gasteiger partial charge in [0.05, 0.1) is 12.2 Å². The van der Waals surface area contributed by atoms with Crippen molar-refractivity contribution in [1.29, 1.82) is 0 Å². The van der Waals surface area contributed by atoms with Gasteiger partial charge in [0.2, 0.25) is 0 Å². The van der Waals surface area contributed by atoms with Gasteiger partial charge in [-0.25, -0.2) is 9.37 Å². The molecule has 0 aliphatic carbocycles. The maximum atomic E-state index is 13.6. The lowest BCUT2D eigenvalue weighted by Gasteiger charge is -2.13. The Morgan fingerprint density at radius 3 is 2.73 bits per heavy atom. The topological polar surface area (TPSA) is 56.7 Å². The fraction of sp³-hybridized carbons (Fsp3) is 0.300. The first-order valence-corrected chi connectivity index (χ1v) is 9.51. The quantitative estimate of drug-likeness (QED) is 0.676. The Morgan fingerprint density at radius 2 is 2.08 bits per heavy atom. The maximum Gasteiger partial charge on any atom is 0.124 e. The molecule has 0 radical (unpaired) electrons. The molecule has 0 bridgehead atoms. The standard InChI is InChI=1S/C20H23FN4S/c1-14(2)19-20(26-17-7-3-6-16(21)11-17)25(18(24-19)8-9-22)13-15-5-4-10-23-12-15/h3-7,10-12,14H,8-9,13,22H2,1-2H3. The van der Waals surface area contributed by atoms with E-state index in [1.807, 2.05) is 24.4 Å². The molecule has 0 unspecified atom stereocenters. The van der Waals surface area contributed by atoms with E-state index in [0.29, 0.717) is 19.5 Å². The molecule has 0 atom stereocenters. The van der Waals surface area contributed by atoms with E-state index in [9.17, 15) is 4.39 Å². The van der Waals surface area contributed by atoms with Gasteiger partial charge in [-0.2, -0.15) is 0 Å². The Morgan fingerprint density at radius 1 is 1.23 bits per heavy atom. The van der Waals surface area contributed by atoms with Gasteiger partial charge in [-0.05, 0) is 42.3 Å². The van der Waals surface area contributed by atoms with Crippen molar-refractivity contribution in [2.24, 2.45) is 5.73 Å². The predicted molar refractivity (Wildman–Crippen MR) is 103 cm³/mol. The van der Waals surface area contributed by atoms with Gasteiger partial charge in [0.15, 0.2) is 0 Å². The van der Waals surface area contributed by atoms with Crippen LogP contribution in [0, 0.1) is 5.82 Å². The predicted octanol–water partition coefficient (Wildman–Crippen LogP) is 4.24. The van der Waals surface area contributed by atoms with Crippen LogP contribution >= 0.6 is 11.8 Å². The summed E-state index contributed by atoms with van der Waals surface area (Å²) in [7, 11) is 0. The van der Waals surface area contributed by atoms with Crippen molar-refractivity contribution in [1.82, 2.24) is 14.5 Å². The Bertz CT molecular complexity index is 862. The van der Waals surface area contributed by atoms with Gasteiger partial charge in [-0.3, -0.25) is 4.98 Å². The highest BCUT2D eigenvalue weighted by atomic mass is 32.2. The first-order chi connectivity index (χ1) is 12.6. The van der Waals surface area contributed by atoms with Crippen LogP contribution in [0.25, 0.3) is 0 Å². The van der Waals surface area contributed by atoms with Gasteiger partial charge < -0.3 is 10.3 Å². The highest BCUT2D eigenvalue weighted by Crippen LogP contribution is 2.35. The smallest absolute Gasteiger partial charge is 0.124 e. The number of pyridine rings is 1. The lowest BCUT2D eigenvalue weighted by molar-refractivity contribution is 0.624. The Kier molecular flexibility index (Phi) is 6.06. The molecule has 0 amide bonds. The largest absolute Gasteiger partial charge is 0.330 e. The van der Waals surface area contributed by atoms with Crippen LogP contribution in [-0.4, -0.2) is 21.1 Å². The second-order valence-electron chi connectivity index (χ2n) is 6.42. The molecule has 0 aliphatic rings. The number of benzene rings is 1. The number of imidazole rings is 1. The highest BCUT2D eigenvalue weighted by molar-refractivity contribution is 7.99. The van der Waals surface area contributed by atoms with Crippen molar-refractivity contribution >= 4 is 11.8 Å². The van der Waals surface area contributed by atoms with E-state index in [0.717, 1.165) is 27.0 Å². The minimum atomic E-state index is -0.235. The van der Waals surface area contributed by atoms with Crippen LogP contribution in [0.4, 0.5) is 4.39 Å². The number of nitrogens with two attached hydrogens (primary N) is 1. The molecule has 0 spiro atoms. The van der Waals surface area contributed by atoms with Crippen molar-refractivity contribution in [3.8, 4) is 0 Å². The maximum absolute atomic E-state index is 13.6. The molecule has 2 heterocycles. The molecule has 2 N–H and O–H groups in total. The van der Waals surface area contributed by atoms with Crippen LogP contribution in [0.1, 0.15) is 36.8 Å². The average molecular weight is 370 g/mol. The van der Waals surface area contributed by atoms with E-state index in [1.165, 1.54) is 6.07 Å². The third-order valence-corrected chi connectivity index (χ3v) is 5.13. The minimum absolute atomic E-state index is 0.235. The van der Waals surface area contributed by atoms with Gasteiger partial charge in [0.25, 0.3) is 0 Å². The molecule has 0 saturated heterocycles. The van der Waals surface area contributed by atoms with Crippen LogP contribution in [0.3, 0.4) is 0 Å². The first kappa shape index (κ1) is 18.6. The molecule has 2 aromatic heterocycles. The molecular formula is C20H23FN4S. The summed E-state index contributed by atoms with van der Waals surface area (Å²) in [4.78, 5) is 9.93. The fourth-order valence-corrected chi connectivity index (χ4v) is 3.99. The van der Waals surface area contributed by atoms with Crippen molar-refractivity contribution in [3.05, 3.63) is 71.7 Å². The number of hydrogen-bond donors (Lipinski definition) is 1. The third-order valence-electron chi connectivity index (χ3n) is 4.01. The van der Waals surface area contributed by atoms with Crippen LogP contribution in [-0.2, 0) is 13.0 Å². The van der Waals surface area contributed by atoms with Crippen LogP contribution in [0.2, 0.25) is 0 Å². The zero-order valence-electron chi connectivity index (χ0n) is 15.0. The van der Waals surface area contributed by atoms with Gasteiger partial charge >= 0.3 is 0 Å². The van der Waals surface area contributed by atoms with E-state index in [4.69, 9.17) is 10.7 Å². The number of rotatable bonds is 7. The van der Waals surface area contributed by atoms with Crippen LogP contribution in [0.15, 0.2) is 58.7 Å². The Hall–Kier alpha value is -2.18. The Balaban J connectivity index is 2.06. The Labute approximate surface area is 157 Å².